The molecule has 4 aliphatic carbocycles. The second kappa shape index (κ2) is 6.05. The second-order valence-electron chi connectivity index (χ2n) is 9.11. The van der Waals surface area contributed by atoms with Gasteiger partial charge in [0.15, 0.2) is 0 Å². The second-order valence-corrected chi connectivity index (χ2v) is 11.0. The van der Waals surface area contributed by atoms with Crippen molar-refractivity contribution in [1.29, 1.82) is 0 Å². The van der Waals surface area contributed by atoms with Crippen LogP contribution in [-0.4, -0.2) is 30.8 Å². The highest BCUT2D eigenvalue weighted by Crippen LogP contribution is 2.67. The zero-order valence-corrected chi connectivity index (χ0v) is 16.6. The Hall–Kier alpha value is -1.49. The average molecular weight is 454 g/mol. The fourth-order valence-corrected chi connectivity index (χ4v) is 6.32. The van der Waals surface area contributed by atoms with E-state index in [1.807, 2.05) is 0 Å². The molecule has 11 heteroatoms. The van der Waals surface area contributed by atoms with E-state index in [2.05, 4.69) is 5.32 Å². The van der Waals surface area contributed by atoms with Crippen molar-refractivity contribution < 1.29 is 34.8 Å². The summed E-state index contributed by atoms with van der Waals surface area (Å²) in [5, 5.41) is 3.15. The number of nitrogens with zero attached hydrogens (tertiary/aromatic N) is 1. The van der Waals surface area contributed by atoms with Crippen LogP contribution in [0.15, 0.2) is 12.1 Å². The van der Waals surface area contributed by atoms with Gasteiger partial charge < -0.3 is 5.32 Å². The van der Waals surface area contributed by atoms with Crippen molar-refractivity contribution in [3.8, 4) is 0 Å². The molecular weight excluding hydrogens is 434 g/mol. The number of alkyl halides is 6. The number of hydrogen-bond donors (Lipinski definition) is 1. The normalized spacial score (nSPS) is 31.8. The average Bonchev–Trinajstić information content (AvgIpc) is 3.34. The summed E-state index contributed by atoms with van der Waals surface area (Å²) in [6, 6.07) is 1.64. The van der Waals surface area contributed by atoms with Crippen LogP contribution in [0.2, 0.25) is 0 Å². The van der Waals surface area contributed by atoms with Crippen molar-refractivity contribution in [2.24, 2.45) is 11.3 Å². The number of fused-ring (bicyclic) bond motifs is 1. The van der Waals surface area contributed by atoms with E-state index in [9.17, 15) is 34.8 Å². The Morgan fingerprint density at radius 2 is 1.67 bits per heavy atom. The van der Waals surface area contributed by atoms with E-state index in [1.165, 1.54) is 6.07 Å². The maximum absolute atomic E-state index is 13.6. The molecule has 1 aromatic rings. The Morgan fingerprint density at radius 1 is 1.03 bits per heavy atom. The van der Waals surface area contributed by atoms with Crippen molar-refractivity contribution in [2.45, 2.75) is 62.3 Å². The summed E-state index contributed by atoms with van der Waals surface area (Å²) in [6.45, 7) is -1.12. The van der Waals surface area contributed by atoms with Gasteiger partial charge in [0, 0.05) is 24.8 Å². The molecule has 4 fully saturated rings. The lowest BCUT2D eigenvalue weighted by Crippen LogP contribution is -2.63. The highest BCUT2D eigenvalue weighted by atomic mass is 32.2. The van der Waals surface area contributed by atoms with Gasteiger partial charge >= 0.3 is 21.7 Å². The number of benzene rings is 1. The molecule has 166 valence electrons. The topological polar surface area (TPSA) is 49.4 Å². The van der Waals surface area contributed by atoms with Crippen molar-refractivity contribution in [2.75, 3.05) is 11.9 Å². The van der Waals surface area contributed by atoms with E-state index in [0.29, 0.717) is 28.8 Å². The van der Waals surface area contributed by atoms with Crippen LogP contribution in [0.1, 0.15) is 54.7 Å². The minimum atomic E-state index is -5.68. The molecule has 4 nitrogen and oxygen atoms in total. The number of halogens is 6. The Balaban J connectivity index is 1.64. The highest BCUT2D eigenvalue weighted by Gasteiger charge is 2.62. The van der Waals surface area contributed by atoms with Gasteiger partial charge in [0.1, 0.15) is 0 Å². The monoisotopic (exact) mass is 454 g/mol. The molecule has 1 N–H and O–H groups in total. The van der Waals surface area contributed by atoms with E-state index in [0.717, 1.165) is 25.3 Å². The molecule has 1 unspecified atom stereocenters. The summed E-state index contributed by atoms with van der Waals surface area (Å²) in [7, 11) is -5.68. The van der Waals surface area contributed by atoms with Crippen molar-refractivity contribution in [3.63, 3.8) is 0 Å². The van der Waals surface area contributed by atoms with Crippen LogP contribution < -0.4 is 5.32 Å². The molecule has 1 aliphatic heterocycles. The molecule has 1 aromatic carbocycles. The predicted molar refractivity (Wildman–Crippen MR) is 96.0 cm³/mol. The number of sulfonamides is 1. The molecule has 6 rings (SSSR count). The van der Waals surface area contributed by atoms with E-state index in [4.69, 9.17) is 0 Å². The SMILES string of the molecule is O=S(=O)(N1Cc2c(ccc(C(F)(F)F)c2C2CC2)NC(C23CC(C2)C3)C1)C(F)(F)F. The van der Waals surface area contributed by atoms with E-state index < -0.39 is 52.3 Å². The van der Waals surface area contributed by atoms with E-state index >= 15 is 0 Å². The van der Waals surface area contributed by atoms with Crippen LogP contribution in [-0.2, 0) is 22.7 Å². The Labute approximate surface area is 169 Å². The van der Waals surface area contributed by atoms with Crippen LogP contribution in [0.25, 0.3) is 0 Å². The first-order chi connectivity index (χ1) is 13.8. The largest absolute Gasteiger partial charge is 0.511 e. The first-order valence-corrected chi connectivity index (χ1v) is 11.3. The zero-order chi connectivity index (χ0) is 21.7. The molecule has 0 radical (unpaired) electrons. The van der Waals surface area contributed by atoms with Gasteiger partial charge in [-0.3, -0.25) is 0 Å². The first-order valence-electron chi connectivity index (χ1n) is 9.88. The Bertz CT molecular complexity index is 982. The fraction of sp³-hybridized carbons (Fsp3) is 0.684. The molecule has 0 amide bonds. The highest BCUT2D eigenvalue weighted by molar-refractivity contribution is 7.89. The van der Waals surface area contributed by atoms with Crippen molar-refractivity contribution in [3.05, 3.63) is 28.8 Å². The lowest BCUT2D eigenvalue weighted by molar-refractivity contribution is -0.138. The third-order valence-electron chi connectivity index (χ3n) is 7.16. The molecule has 30 heavy (non-hydrogen) atoms. The quantitative estimate of drug-likeness (QED) is 0.666. The third-order valence-corrected chi connectivity index (χ3v) is 8.70. The van der Waals surface area contributed by atoms with Crippen LogP contribution in [0.4, 0.5) is 32.0 Å². The molecule has 1 heterocycles. The number of hydrogen-bond acceptors (Lipinski definition) is 3. The van der Waals surface area contributed by atoms with Crippen molar-refractivity contribution >= 4 is 15.7 Å². The first kappa shape index (κ1) is 20.4. The summed E-state index contributed by atoms with van der Waals surface area (Å²) < 4.78 is 106. The van der Waals surface area contributed by atoms with Gasteiger partial charge in [0.05, 0.1) is 5.56 Å². The molecule has 0 spiro atoms. The van der Waals surface area contributed by atoms with Gasteiger partial charge in [0.2, 0.25) is 0 Å². The maximum atomic E-state index is 13.6. The van der Waals surface area contributed by atoms with Crippen LogP contribution in [0.3, 0.4) is 0 Å². The number of rotatable bonds is 3. The molecule has 0 saturated heterocycles. The van der Waals surface area contributed by atoms with Gasteiger partial charge in [-0.25, -0.2) is 8.42 Å². The van der Waals surface area contributed by atoms with Crippen molar-refractivity contribution in [1.82, 2.24) is 4.31 Å². The van der Waals surface area contributed by atoms with E-state index in [1.54, 1.807) is 0 Å². The summed E-state index contributed by atoms with van der Waals surface area (Å²) in [6.07, 6.45) is -1.26. The smallest absolute Gasteiger partial charge is 0.380 e. The number of anilines is 1. The lowest BCUT2D eigenvalue weighted by atomic mass is 9.42. The molecular formula is C19H20F6N2O2S. The minimum absolute atomic E-state index is 0.0225. The van der Waals surface area contributed by atoms with E-state index in [-0.39, 0.29) is 16.5 Å². The van der Waals surface area contributed by atoms with Gasteiger partial charge in [-0.1, -0.05) is 0 Å². The zero-order valence-electron chi connectivity index (χ0n) is 15.8. The number of nitrogens with one attached hydrogen (secondary N) is 1. The summed E-state index contributed by atoms with van der Waals surface area (Å²) in [5.74, 6) is 0.0946. The molecule has 1 atom stereocenters. The fourth-order valence-electron chi connectivity index (χ4n) is 5.38. The van der Waals surface area contributed by atoms with Crippen LogP contribution in [0, 0.1) is 11.3 Å². The van der Waals surface area contributed by atoms with Crippen LogP contribution >= 0.6 is 0 Å². The standard InChI is InChI=1S/C19H20F6N2O2S/c20-18(21,22)13-3-4-14-12(16(13)11-1-2-11)8-27(30(28,29)19(23,24)25)9-15(26-14)17-5-10(6-17)7-17/h3-4,10-11,15,26H,1-2,5-9H2. The molecule has 5 aliphatic rings. The predicted octanol–water partition coefficient (Wildman–Crippen LogP) is 4.83. The summed E-state index contributed by atoms with van der Waals surface area (Å²) in [5.41, 5.74) is -6.41. The summed E-state index contributed by atoms with van der Waals surface area (Å²) in [4.78, 5) is 0. The van der Waals surface area contributed by atoms with Crippen LogP contribution in [0.5, 0.6) is 0 Å². The minimum Gasteiger partial charge on any atom is -0.380 e. The van der Waals surface area contributed by atoms with Gasteiger partial charge in [-0.15, -0.1) is 0 Å². The maximum Gasteiger partial charge on any atom is 0.511 e. The van der Waals surface area contributed by atoms with Gasteiger partial charge in [-0.05, 0) is 72.6 Å². The Morgan fingerprint density at radius 3 is 2.13 bits per heavy atom. The molecule has 2 bridgehead atoms. The van der Waals surface area contributed by atoms with Gasteiger partial charge in [0.25, 0.3) is 0 Å². The van der Waals surface area contributed by atoms with Gasteiger partial charge in [-0.2, -0.15) is 30.6 Å². The third kappa shape index (κ3) is 2.95. The summed E-state index contributed by atoms with van der Waals surface area (Å²) >= 11 is 0. The lowest BCUT2D eigenvalue weighted by Gasteiger charge is -2.65. The molecule has 4 saturated carbocycles. The molecule has 0 aromatic heterocycles. The Kier molecular flexibility index (Phi) is 4.12.